The normalized spacial score (nSPS) is 10.7. The number of nitrogen functional groups attached to an aromatic ring is 1. The van der Waals surface area contributed by atoms with E-state index >= 15 is 0 Å². The van der Waals surface area contributed by atoms with E-state index < -0.39 is 0 Å². The fourth-order valence-corrected chi connectivity index (χ4v) is 1.66. The summed E-state index contributed by atoms with van der Waals surface area (Å²) in [7, 11) is 0. The van der Waals surface area contributed by atoms with Gasteiger partial charge in [-0.2, -0.15) is 0 Å². The van der Waals surface area contributed by atoms with E-state index in [1.54, 1.807) is 12.1 Å². The number of ether oxygens (including phenoxy) is 1. The number of hydrogen-bond donors (Lipinski definition) is 3. The number of nitrogens with zero attached hydrogens (tertiary/aromatic N) is 1. The standard InChI is InChI=1S/C11H13N3O3/c1-6-2-3-7-8(9(6)17-5-4-15)10(16)14-11(12)13-7/h2-3,15H,4-5H2,1H3,(H3,12,13,14,16). The van der Waals surface area contributed by atoms with Gasteiger partial charge in [0.25, 0.3) is 5.56 Å². The average Bonchev–Trinajstić information content (AvgIpc) is 2.28. The highest BCUT2D eigenvalue weighted by atomic mass is 16.5. The van der Waals surface area contributed by atoms with Gasteiger partial charge in [-0.25, -0.2) is 4.98 Å². The van der Waals surface area contributed by atoms with Crippen molar-refractivity contribution in [1.29, 1.82) is 0 Å². The van der Waals surface area contributed by atoms with Gasteiger partial charge in [0.05, 0.1) is 12.1 Å². The monoisotopic (exact) mass is 235 g/mol. The lowest BCUT2D eigenvalue weighted by atomic mass is 10.1. The van der Waals surface area contributed by atoms with Crippen molar-refractivity contribution in [2.24, 2.45) is 0 Å². The molecule has 0 bridgehead atoms. The number of H-pyrrole nitrogens is 1. The molecule has 0 amide bonds. The van der Waals surface area contributed by atoms with Gasteiger partial charge < -0.3 is 15.6 Å². The summed E-state index contributed by atoms with van der Waals surface area (Å²) in [6.07, 6.45) is 0. The van der Waals surface area contributed by atoms with Gasteiger partial charge in [-0.05, 0) is 18.6 Å². The third-order valence-corrected chi connectivity index (χ3v) is 2.38. The fraction of sp³-hybridized carbons (Fsp3) is 0.273. The molecule has 0 aliphatic heterocycles. The van der Waals surface area contributed by atoms with Crippen LogP contribution in [0.2, 0.25) is 0 Å². The van der Waals surface area contributed by atoms with Crippen LogP contribution in [0.4, 0.5) is 5.95 Å². The Bertz CT molecular complexity index is 607. The number of anilines is 1. The van der Waals surface area contributed by atoms with Gasteiger partial charge in [0.2, 0.25) is 5.95 Å². The number of benzene rings is 1. The molecule has 2 rings (SSSR count). The Hall–Kier alpha value is -2.08. The van der Waals surface area contributed by atoms with E-state index in [1.165, 1.54) is 0 Å². The van der Waals surface area contributed by atoms with Crippen molar-refractivity contribution in [3.8, 4) is 5.75 Å². The molecule has 0 saturated heterocycles. The maximum absolute atomic E-state index is 11.8. The number of rotatable bonds is 3. The maximum atomic E-state index is 11.8. The van der Waals surface area contributed by atoms with Crippen molar-refractivity contribution >= 4 is 16.9 Å². The first-order valence-electron chi connectivity index (χ1n) is 5.16. The first kappa shape index (κ1) is 11.4. The lowest BCUT2D eigenvalue weighted by molar-refractivity contribution is 0.202. The van der Waals surface area contributed by atoms with Gasteiger partial charge in [0.1, 0.15) is 17.7 Å². The molecule has 0 spiro atoms. The molecular weight excluding hydrogens is 222 g/mol. The van der Waals surface area contributed by atoms with Crippen molar-refractivity contribution in [1.82, 2.24) is 9.97 Å². The molecule has 1 heterocycles. The van der Waals surface area contributed by atoms with Crippen LogP contribution in [0.3, 0.4) is 0 Å². The molecule has 1 aromatic carbocycles. The zero-order valence-electron chi connectivity index (χ0n) is 9.36. The molecule has 0 aliphatic rings. The molecule has 2 aromatic rings. The van der Waals surface area contributed by atoms with E-state index in [0.717, 1.165) is 5.56 Å². The van der Waals surface area contributed by atoms with Crippen molar-refractivity contribution in [2.75, 3.05) is 18.9 Å². The van der Waals surface area contributed by atoms with E-state index in [4.69, 9.17) is 15.6 Å². The number of nitrogens with two attached hydrogens (primary N) is 1. The molecular formula is C11H13N3O3. The number of nitrogens with one attached hydrogen (secondary N) is 1. The molecule has 17 heavy (non-hydrogen) atoms. The molecule has 90 valence electrons. The van der Waals surface area contributed by atoms with Gasteiger partial charge in [-0.15, -0.1) is 0 Å². The van der Waals surface area contributed by atoms with Crippen LogP contribution in [-0.2, 0) is 0 Å². The highest BCUT2D eigenvalue weighted by Gasteiger charge is 2.11. The molecule has 4 N–H and O–H groups in total. The number of aromatic nitrogens is 2. The highest BCUT2D eigenvalue weighted by molar-refractivity contribution is 5.86. The molecule has 0 radical (unpaired) electrons. The van der Waals surface area contributed by atoms with Crippen LogP contribution in [0.5, 0.6) is 5.75 Å². The first-order valence-corrected chi connectivity index (χ1v) is 5.16. The number of hydrogen-bond acceptors (Lipinski definition) is 5. The van der Waals surface area contributed by atoms with Gasteiger partial charge in [-0.3, -0.25) is 9.78 Å². The van der Waals surface area contributed by atoms with Crippen LogP contribution >= 0.6 is 0 Å². The molecule has 0 unspecified atom stereocenters. The zero-order chi connectivity index (χ0) is 12.4. The molecule has 0 saturated carbocycles. The average molecular weight is 235 g/mol. The number of fused-ring (bicyclic) bond motifs is 1. The summed E-state index contributed by atoms with van der Waals surface area (Å²) in [5, 5.41) is 9.11. The number of aromatic amines is 1. The van der Waals surface area contributed by atoms with Crippen LogP contribution in [-0.4, -0.2) is 28.3 Å². The largest absolute Gasteiger partial charge is 0.490 e. The summed E-state index contributed by atoms with van der Waals surface area (Å²) in [5.41, 5.74) is 6.41. The van der Waals surface area contributed by atoms with Gasteiger partial charge in [0, 0.05) is 0 Å². The molecule has 6 nitrogen and oxygen atoms in total. The fourth-order valence-electron chi connectivity index (χ4n) is 1.66. The van der Waals surface area contributed by atoms with Gasteiger partial charge in [-0.1, -0.05) is 6.07 Å². The van der Waals surface area contributed by atoms with Crippen molar-refractivity contribution in [3.63, 3.8) is 0 Å². The summed E-state index contributed by atoms with van der Waals surface area (Å²) in [6, 6.07) is 3.50. The smallest absolute Gasteiger partial charge is 0.263 e. The van der Waals surface area contributed by atoms with Crippen LogP contribution in [0, 0.1) is 6.92 Å². The summed E-state index contributed by atoms with van der Waals surface area (Å²) in [5.74, 6) is 0.504. The minimum atomic E-state index is -0.343. The second kappa shape index (κ2) is 4.42. The molecule has 6 heteroatoms. The zero-order valence-corrected chi connectivity index (χ0v) is 9.36. The van der Waals surface area contributed by atoms with Crippen LogP contribution in [0.25, 0.3) is 10.9 Å². The Kier molecular flexibility index (Phi) is 2.97. The second-order valence-corrected chi connectivity index (χ2v) is 3.63. The van der Waals surface area contributed by atoms with Crippen LogP contribution < -0.4 is 16.0 Å². The number of aliphatic hydroxyl groups is 1. The predicted molar refractivity (Wildman–Crippen MR) is 64.1 cm³/mol. The van der Waals surface area contributed by atoms with Gasteiger partial charge in [0.15, 0.2) is 0 Å². The highest BCUT2D eigenvalue weighted by Crippen LogP contribution is 2.25. The SMILES string of the molecule is Cc1ccc2nc(N)[nH]c(=O)c2c1OCCO. The molecule has 0 aliphatic carbocycles. The Morgan fingerprint density at radius 3 is 3.00 bits per heavy atom. The molecule has 1 aromatic heterocycles. The van der Waals surface area contributed by atoms with E-state index in [9.17, 15) is 4.79 Å². The topological polar surface area (TPSA) is 101 Å². The first-order chi connectivity index (χ1) is 8.13. The lowest BCUT2D eigenvalue weighted by Gasteiger charge is -2.10. The van der Waals surface area contributed by atoms with E-state index in [1.807, 2.05) is 6.92 Å². The number of aliphatic hydroxyl groups excluding tert-OH is 1. The van der Waals surface area contributed by atoms with E-state index in [2.05, 4.69) is 9.97 Å². The second-order valence-electron chi connectivity index (χ2n) is 3.63. The van der Waals surface area contributed by atoms with Crippen LogP contribution in [0.15, 0.2) is 16.9 Å². The predicted octanol–water partition coefficient (Wildman–Crippen LogP) is 0.185. The molecule has 0 atom stereocenters. The summed E-state index contributed by atoms with van der Waals surface area (Å²) >= 11 is 0. The van der Waals surface area contributed by atoms with Crippen molar-refractivity contribution in [3.05, 3.63) is 28.0 Å². The summed E-state index contributed by atoms with van der Waals surface area (Å²) in [6.45, 7) is 1.84. The quantitative estimate of drug-likeness (QED) is 0.704. The van der Waals surface area contributed by atoms with Crippen molar-refractivity contribution in [2.45, 2.75) is 6.92 Å². The maximum Gasteiger partial charge on any atom is 0.263 e. The number of aryl methyl sites for hydroxylation is 1. The van der Waals surface area contributed by atoms with Gasteiger partial charge >= 0.3 is 0 Å². The summed E-state index contributed by atoms with van der Waals surface area (Å²) < 4.78 is 5.37. The van der Waals surface area contributed by atoms with E-state index in [-0.39, 0.29) is 24.7 Å². The summed E-state index contributed by atoms with van der Waals surface area (Å²) in [4.78, 5) is 18.3. The van der Waals surface area contributed by atoms with E-state index in [0.29, 0.717) is 16.7 Å². The Labute approximate surface area is 97.1 Å². The molecule has 0 fully saturated rings. The Morgan fingerprint density at radius 1 is 1.53 bits per heavy atom. The third-order valence-electron chi connectivity index (χ3n) is 2.38. The minimum Gasteiger partial charge on any atom is -0.490 e. The van der Waals surface area contributed by atoms with Crippen molar-refractivity contribution < 1.29 is 9.84 Å². The third kappa shape index (κ3) is 2.07. The van der Waals surface area contributed by atoms with Crippen LogP contribution in [0.1, 0.15) is 5.56 Å². The minimum absolute atomic E-state index is 0.0689. The lowest BCUT2D eigenvalue weighted by Crippen LogP contribution is -2.14. The Morgan fingerprint density at radius 2 is 2.29 bits per heavy atom. The Balaban J connectivity index is 2.71.